The van der Waals surface area contributed by atoms with Crippen LogP contribution in [-0.4, -0.2) is 25.4 Å². The van der Waals surface area contributed by atoms with E-state index in [-0.39, 0.29) is 17.2 Å². The van der Waals surface area contributed by atoms with E-state index in [4.69, 9.17) is 21.1 Å². The highest BCUT2D eigenvalue weighted by Crippen LogP contribution is 2.30. The van der Waals surface area contributed by atoms with Gasteiger partial charge in [-0.05, 0) is 55.8 Å². The summed E-state index contributed by atoms with van der Waals surface area (Å²) in [6, 6.07) is 13.0. The number of methoxy groups -OCH3 is 2. The first-order valence-corrected chi connectivity index (χ1v) is 9.15. The van der Waals surface area contributed by atoms with Crippen LogP contribution in [0.2, 0.25) is 5.02 Å². The van der Waals surface area contributed by atoms with Crippen LogP contribution in [0.5, 0.6) is 11.5 Å². The van der Waals surface area contributed by atoms with E-state index in [9.17, 15) is 4.79 Å². The van der Waals surface area contributed by atoms with Crippen molar-refractivity contribution in [2.24, 2.45) is 0 Å². The van der Waals surface area contributed by atoms with E-state index in [2.05, 4.69) is 5.32 Å². The van der Waals surface area contributed by atoms with E-state index in [1.807, 2.05) is 56.3 Å². The summed E-state index contributed by atoms with van der Waals surface area (Å²) in [6.45, 7) is 3.83. The van der Waals surface area contributed by atoms with Gasteiger partial charge in [-0.15, -0.1) is 11.8 Å². The number of hydrogen-bond acceptors (Lipinski definition) is 4. The summed E-state index contributed by atoms with van der Waals surface area (Å²) in [6.07, 6.45) is 0. The Balaban J connectivity index is 2.00. The fourth-order valence-corrected chi connectivity index (χ4v) is 3.31. The number of benzene rings is 2. The van der Waals surface area contributed by atoms with Gasteiger partial charge in [0.05, 0.1) is 25.5 Å². The Kier molecular flexibility index (Phi) is 7.02. The van der Waals surface area contributed by atoms with Gasteiger partial charge in [0.15, 0.2) is 11.5 Å². The Morgan fingerprint density at radius 2 is 1.68 bits per heavy atom. The van der Waals surface area contributed by atoms with Gasteiger partial charge in [-0.1, -0.05) is 17.7 Å². The predicted molar refractivity (Wildman–Crippen MR) is 103 cm³/mol. The third kappa shape index (κ3) is 5.31. The zero-order valence-corrected chi connectivity index (χ0v) is 16.3. The van der Waals surface area contributed by atoms with Crippen molar-refractivity contribution in [1.29, 1.82) is 0 Å². The largest absolute Gasteiger partial charge is 0.493 e. The Hall–Kier alpha value is -1.85. The third-order valence-corrected chi connectivity index (χ3v) is 5.13. The average Bonchev–Trinajstić information content (AvgIpc) is 2.62. The first-order chi connectivity index (χ1) is 11.9. The van der Waals surface area contributed by atoms with Crippen molar-refractivity contribution >= 4 is 29.3 Å². The van der Waals surface area contributed by atoms with E-state index >= 15 is 0 Å². The zero-order chi connectivity index (χ0) is 18.4. The maximum Gasteiger partial charge on any atom is 0.233 e. The minimum absolute atomic E-state index is 0.0257. The van der Waals surface area contributed by atoms with E-state index in [0.29, 0.717) is 16.5 Å². The highest BCUT2D eigenvalue weighted by molar-refractivity contribution is 8.00. The fourth-order valence-electron chi connectivity index (χ4n) is 2.31. The molecule has 0 aliphatic rings. The van der Waals surface area contributed by atoms with E-state index < -0.39 is 0 Å². The lowest BCUT2D eigenvalue weighted by Crippen LogP contribution is -2.33. The molecule has 0 heterocycles. The molecule has 25 heavy (non-hydrogen) atoms. The lowest BCUT2D eigenvalue weighted by atomic mass is 10.1. The number of halogens is 1. The lowest BCUT2D eigenvalue weighted by Gasteiger charge is -2.19. The maximum absolute atomic E-state index is 12.5. The Morgan fingerprint density at radius 3 is 2.28 bits per heavy atom. The molecule has 1 N–H and O–H groups in total. The van der Waals surface area contributed by atoms with Gasteiger partial charge in [-0.2, -0.15) is 0 Å². The molecule has 1 amide bonds. The molecule has 0 radical (unpaired) electrons. The van der Waals surface area contributed by atoms with Gasteiger partial charge < -0.3 is 14.8 Å². The molecular formula is C19H22ClNO3S. The molecule has 0 saturated carbocycles. The van der Waals surface area contributed by atoms with Gasteiger partial charge in [-0.25, -0.2) is 0 Å². The van der Waals surface area contributed by atoms with Crippen LogP contribution in [0.25, 0.3) is 0 Å². The molecule has 0 aliphatic carbocycles. The van der Waals surface area contributed by atoms with Crippen LogP contribution in [-0.2, 0) is 4.79 Å². The molecule has 0 fully saturated rings. The number of thioether (sulfide) groups is 1. The number of ether oxygens (including phenoxy) is 2. The summed E-state index contributed by atoms with van der Waals surface area (Å²) in [5.74, 6) is 1.28. The summed E-state index contributed by atoms with van der Waals surface area (Å²) >= 11 is 7.38. The van der Waals surface area contributed by atoms with Crippen LogP contribution >= 0.6 is 23.4 Å². The summed E-state index contributed by atoms with van der Waals surface area (Å²) in [4.78, 5) is 13.5. The zero-order valence-electron chi connectivity index (χ0n) is 14.7. The van der Waals surface area contributed by atoms with Gasteiger partial charge in [0.2, 0.25) is 5.91 Å². The lowest BCUT2D eigenvalue weighted by molar-refractivity contribution is -0.120. The minimum Gasteiger partial charge on any atom is -0.493 e. The van der Waals surface area contributed by atoms with Crippen molar-refractivity contribution in [1.82, 2.24) is 5.32 Å². The van der Waals surface area contributed by atoms with Crippen LogP contribution < -0.4 is 14.8 Å². The predicted octanol–water partition coefficient (Wildman–Crippen LogP) is 4.72. The average molecular weight is 380 g/mol. The van der Waals surface area contributed by atoms with Gasteiger partial charge in [0, 0.05) is 9.92 Å². The summed E-state index contributed by atoms with van der Waals surface area (Å²) in [5.41, 5.74) is 0.953. The SMILES string of the molecule is COc1ccc([C@H](C)NC(=O)[C@@H](C)Sc2ccc(Cl)cc2)cc1OC. The number of carbonyl (C=O) groups excluding carboxylic acids is 1. The van der Waals surface area contributed by atoms with Crippen molar-refractivity contribution in [3.63, 3.8) is 0 Å². The van der Waals surface area contributed by atoms with Crippen molar-refractivity contribution in [2.45, 2.75) is 30.0 Å². The standard InChI is InChI=1S/C19H22ClNO3S/c1-12(14-5-10-17(23-3)18(11-14)24-4)21-19(22)13(2)25-16-8-6-15(20)7-9-16/h5-13H,1-4H3,(H,21,22)/t12-,13+/m0/s1. The van der Waals surface area contributed by atoms with Gasteiger partial charge in [0.1, 0.15) is 0 Å². The monoisotopic (exact) mass is 379 g/mol. The van der Waals surface area contributed by atoms with Crippen LogP contribution in [0.4, 0.5) is 0 Å². The van der Waals surface area contributed by atoms with Crippen LogP contribution in [0.1, 0.15) is 25.5 Å². The molecule has 4 nitrogen and oxygen atoms in total. The molecule has 0 spiro atoms. The van der Waals surface area contributed by atoms with E-state index in [0.717, 1.165) is 10.5 Å². The van der Waals surface area contributed by atoms with Crippen molar-refractivity contribution in [3.8, 4) is 11.5 Å². The molecule has 2 atom stereocenters. The second kappa shape index (κ2) is 9.02. The Morgan fingerprint density at radius 1 is 1.04 bits per heavy atom. The van der Waals surface area contributed by atoms with Gasteiger partial charge >= 0.3 is 0 Å². The number of amides is 1. The minimum atomic E-state index is -0.219. The van der Waals surface area contributed by atoms with Crippen molar-refractivity contribution in [3.05, 3.63) is 53.1 Å². The second-order valence-corrected chi connectivity index (χ2v) is 7.41. The molecule has 134 valence electrons. The Labute approximate surface area is 157 Å². The molecule has 2 rings (SSSR count). The van der Waals surface area contributed by atoms with Gasteiger partial charge in [0.25, 0.3) is 0 Å². The molecule has 6 heteroatoms. The molecule has 0 aliphatic heterocycles. The van der Waals surface area contributed by atoms with Crippen molar-refractivity contribution in [2.75, 3.05) is 14.2 Å². The summed E-state index contributed by atoms with van der Waals surface area (Å²) in [7, 11) is 3.19. The van der Waals surface area contributed by atoms with Crippen molar-refractivity contribution < 1.29 is 14.3 Å². The van der Waals surface area contributed by atoms with E-state index in [1.165, 1.54) is 11.8 Å². The quantitative estimate of drug-likeness (QED) is 0.707. The smallest absolute Gasteiger partial charge is 0.233 e. The molecule has 0 aromatic heterocycles. The summed E-state index contributed by atoms with van der Waals surface area (Å²) < 4.78 is 10.6. The van der Waals surface area contributed by atoms with Gasteiger partial charge in [-0.3, -0.25) is 4.79 Å². The van der Waals surface area contributed by atoms with Crippen LogP contribution in [0.3, 0.4) is 0 Å². The first kappa shape index (κ1) is 19.5. The Bertz CT molecular complexity index is 721. The summed E-state index contributed by atoms with van der Waals surface area (Å²) in [5, 5.41) is 3.50. The molecule has 2 aromatic carbocycles. The first-order valence-electron chi connectivity index (χ1n) is 7.89. The third-order valence-electron chi connectivity index (χ3n) is 3.76. The molecule has 0 saturated heterocycles. The topological polar surface area (TPSA) is 47.6 Å². The molecule has 0 bridgehead atoms. The number of carbonyl (C=O) groups is 1. The second-order valence-electron chi connectivity index (χ2n) is 5.56. The van der Waals surface area contributed by atoms with E-state index in [1.54, 1.807) is 14.2 Å². The normalized spacial score (nSPS) is 13.0. The fraction of sp³-hybridized carbons (Fsp3) is 0.316. The molecular weight excluding hydrogens is 358 g/mol. The highest BCUT2D eigenvalue weighted by Gasteiger charge is 2.18. The highest BCUT2D eigenvalue weighted by atomic mass is 35.5. The van der Waals surface area contributed by atoms with Crippen LogP contribution in [0.15, 0.2) is 47.4 Å². The molecule has 2 aromatic rings. The number of rotatable bonds is 7. The molecule has 0 unspecified atom stereocenters. The number of hydrogen-bond donors (Lipinski definition) is 1. The van der Waals surface area contributed by atoms with Crippen LogP contribution in [0, 0.1) is 0 Å². The maximum atomic E-state index is 12.5. The number of nitrogens with one attached hydrogen (secondary N) is 1.